The summed E-state index contributed by atoms with van der Waals surface area (Å²) in [5.74, 6) is 0.531. The monoisotopic (exact) mass is 369 g/mol. The first-order valence-electron chi connectivity index (χ1n) is 8.72. The Hall–Kier alpha value is -1.63. The summed E-state index contributed by atoms with van der Waals surface area (Å²) in [4.78, 5) is 15.8. The lowest BCUT2D eigenvalue weighted by Crippen LogP contribution is -2.41. The molecule has 2 aromatic rings. The predicted octanol–water partition coefficient (Wildman–Crippen LogP) is 4.53. The van der Waals surface area contributed by atoms with Gasteiger partial charge in [0.15, 0.2) is 5.12 Å². The van der Waals surface area contributed by atoms with Gasteiger partial charge >= 0.3 is 7.12 Å². The van der Waals surface area contributed by atoms with Crippen LogP contribution in [0.5, 0.6) is 0 Å². The fourth-order valence-corrected chi connectivity index (χ4v) is 3.41. The second-order valence-electron chi connectivity index (χ2n) is 7.53. The summed E-state index contributed by atoms with van der Waals surface area (Å²) in [6.45, 7) is 9.71. The molecule has 0 amide bonds. The Kier molecular flexibility index (Phi) is 5.29. The summed E-state index contributed by atoms with van der Waals surface area (Å²) in [7, 11) is -0.473. The number of nitrogens with zero attached hydrogens (tertiary/aromatic N) is 1. The van der Waals surface area contributed by atoms with Crippen LogP contribution in [-0.2, 0) is 14.1 Å². The highest BCUT2D eigenvalue weighted by atomic mass is 32.2. The van der Waals surface area contributed by atoms with Gasteiger partial charge in [-0.15, -0.1) is 0 Å². The lowest BCUT2D eigenvalue weighted by Gasteiger charge is -2.32. The molecule has 0 unspecified atom stereocenters. The Morgan fingerprint density at radius 2 is 1.88 bits per heavy atom. The van der Waals surface area contributed by atoms with Crippen molar-refractivity contribution in [2.75, 3.05) is 5.75 Å². The van der Waals surface area contributed by atoms with Gasteiger partial charge in [-0.3, -0.25) is 9.78 Å². The van der Waals surface area contributed by atoms with E-state index in [0.717, 1.165) is 21.8 Å². The maximum Gasteiger partial charge on any atom is 0.491 e. The Morgan fingerprint density at radius 1 is 1.19 bits per heavy atom. The number of hydrogen-bond donors (Lipinski definition) is 0. The highest BCUT2D eigenvalue weighted by molar-refractivity contribution is 8.13. The van der Waals surface area contributed by atoms with E-state index in [2.05, 4.69) is 17.1 Å². The molecule has 1 aromatic heterocycles. The molecule has 2 heterocycles. The summed E-state index contributed by atoms with van der Waals surface area (Å²) in [6, 6.07) is 8.13. The van der Waals surface area contributed by atoms with Gasteiger partial charge in [0.25, 0.3) is 0 Å². The first-order valence-corrected chi connectivity index (χ1v) is 9.70. The van der Waals surface area contributed by atoms with Crippen molar-refractivity contribution >= 4 is 40.8 Å². The molecule has 4 nitrogen and oxygen atoms in total. The second-order valence-corrected chi connectivity index (χ2v) is 8.68. The molecule has 1 fully saturated rings. The third kappa shape index (κ3) is 3.87. The molecule has 0 atom stereocenters. The van der Waals surface area contributed by atoms with Crippen LogP contribution in [0.3, 0.4) is 0 Å². The number of benzene rings is 1. The minimum Gasteiger partial charge on any atom is -0.400 e. The van der Waals surface area contributed by atoms with Crippen LogP contribution in [0.2, 0.25) is 0 Å². The van der Waals surface area contributed by atoms with Crippen LogP contribution < -0.4 is 0 Å². The molecule has 26 heavy (non-hydrogen) atoms. The van der Waals surface area contributed by atoms with Gasteiger partial charge in [-0.2, -0.15) is 0 Å². The van der Waals surface area contributed by atoms with E-state index in [-0.39, 0.29) is 5.12 Å². The maximum absolute atomic E-state index is 11.5. The predicted molar refractivity (Wildman–Crippen MR) is 109 cm³/mol. The zero-order valence-electron chi connectivity index (χ0n) is 15.9. The molecule has 1 aromatic carbocycles. The minimum atomic E-state index is -0.473. The Bertz CT molecular complexity index is 842. The summed E-state index contributed by atoms with van der Waals surface area (Å²) in [5, 5.41) is 2.27. The summed E-state index contributed by atoms with van der Waals surface area (Å²) in [5.41, 5.74) is 1.15. The number of carbonyl (C=O) groups is 1. The molecule has 0 spiro atoms. The first kappa shape index (κ1) is 19.1. The van der Waals surface area contributed by atoms with Gasteiger partial charge < -0.3 is 9.31 Å². The average molecular weight is 369 g/mol. The Labute approximate surface area is 159 Å². The highest BCUT2D eigenvalue weighted by Gasteiger charge is 2.52. The average Bonchev–Trinajstić information content (AvgIpc) is 2.79. The zero-order valence-corrected chi connectivity index (χ0v) is 16.7. The van der Waals surface area contributed by atoms with Crippen molar-refractivity contribution < 1.29 is 14.1 Å². The van der Waals surface area contributed by atoms with Gasteiger partial charge in [0.2, 0.25) is 0 Å². The van der Waals surface area contributed by atoms with Crippen LogP contribution >= 0.6 is 11.8 Å². The number of thioether (sulfide) groups is 1. The van der Waals surface area contributed by atoms with Crippen molar-refractivity contribution in [3.05, 3.63) is 47.7 Å². The van der Waals surface area contributed by atoms with Gasteiger partial charge in [0.05, 0.1) is 11.2 Å². The number of fused-ring (bicyclic) bond motifs is 1. The van der Waals surface area contributed by atoms with E-state index in [1.165, 1.54) is 11.8 Å². The van der Waals surface area contributed by atoms with Crippen LogP contribution in [-0.4, -0.2) is 34.2 Å². The maximum atomic E-state index is 11.5. The summed E-state index contributed by atoms with van der Waals surface area (Å²) < 4.78 is 12.4. The van der Waals surface area contributed by atoms with Crippen LogP contribution in [0.25, 0.3) is 16.8 Å². The van der Waals surface area contributed by atoms with E-state index in [9.17, 15) is 4.79 Å². The summed E-state index contributed by atoms with van der Waals surface area (Å²) >= 11 is 1.27. The zero-order chi connectivity index (χ0) is 18.9. The third-order valence-corrected chi connectivity index (χ3v) is 5.94. The van der Waals surface area contributed by atoms with Crippen LogP contribution in [0.1, 0.15) is 40.2 Å². The largest absolute Gasteiger partial charge is 0.491 e. The van der Waals surface area contributed by atoms with Gasteiger partial charge in [-0.1, -0.05) is 36.0 Å². The second kappa shape index (κ2) is 7.18. The fraction of sp³-hybridized carbons (Fsp3) is 0.400. The molecule has 0 bridgehead atoms. The van der Waals surface area contributed by atoms with E-state index in [0.29, 0.717) is 5.75 Å². The van der Waals surface area contributed by atoms with Crippen LogP contribution in [0.15, 0.2) is 42.1 Å². The van der Waals surface area contributed by atoms with Gasteiger partial charge in [-0.25, -0.2) is 0 Å². The molecule has 136 valence electrons. The molecule has 0 N–H and O–H groups in total. The third-order valence-electron chi connectivity index (χ3n) is 5.06. The molecule has 0 saturated carbocycles. The molecule has 3 rings (SSSR count). The number of pyridine rings is 1. The number of hydrogen-bond acceptors (Lipinski definition) is 5. The van der Waals surface area contributed by atoms with Crippen molar-refractivity contribution in [1.29, 1.82) is 0 Å². The van der Waals surface area contributed by atoms with E-state index in [1.807, 2.05) is 52.1 Å². The molecule has 1 aliphatic rings. The van der Waals surface area contributed by atoms with E-state index < -0.39 is 18.3 Å². The Balaban J connectivity index is 2.01. The van der Waals surface area contributed by atoms with Crippen molar-refractivity contribution in [3.63, 3.8) is 0 Å². The number of rotatable bonds is 4. The standard InChI is InChI=1S/C20H24BNO3S/c1-14(23)26-13-17(21-24-19(2,3)20(4,5)25-21)11-16-8-6-7-15-9-10-22-12-18(15)16/h6-12H,13H2,1-5H3. The lowest BCUT2D eigenvalue weighted by atomic mass is 9.78. The smallest absolute Gasteiger partial charge is 0.400 e. The topological polar surface area (TPSA) is 48.4 Å². The molecule has 0 aliphatic carbocycles. The molecule has 1 aliphatic heterocycles. The molecule has 0 radical (unpaired) electrons. The number of aromatic nitrogens is 1. The fourth-order valence-electron chi connectivity index (χ4n) is 2.82. The minimum absolute atomic E-state index is 0.0759. The first-order chi connectivity index (χ1) is 12.2. The normalized spacial score (nSPS) is 19.1. The molecule has 6 heteroatoms. The van der Waals surface area contributed by atoms with Gasteiger partial charge in [-0.05, 0) is 50.2 Å². The van der Waals surface area contributed by atoms with Crippen molar-refractivity contribution in [2.24, 2.45) is 0 Å². The van der Waals surface area contributed by atoms with E-state index in [1.54, 1.807) is 13.1 Å². The van der Waals surface area contributed by atoms with E-state index in [4.69, 9.17) is 9.31 Å². The molecular formula is C20H24BNO3S. The van der Waals surface area contributed by atoms with Crippen LogP contribution in [0.4, 0.5) is 0 Å². The molecule has 1 saturated heterocycles. The quantitative estimate of drug-likeness (QED) is 0.741. The Morgan fingerprint density at radius 3 is 2.54 bits per heavy atom. The van der Waals surface area contributed by atoms with Crippen molar-refractivity contribution in [3.8, 4) is 0 Å². The van der Waals surface area contributed by atoms with E-state index >= 15 is 0 Å². The van der Waals surface area contributed by atoms with Crippen molar-refractivity contribution in [1.82, 2.24) is 4.98 Å². The highest BCUT2D eigenvalue weighted by Crippen LogP contribution is 2.39. The lowest BCUT2D eigenvalue weighted by molar-refractivity contribution is -0.109. The van der Waals surface area contributed by atoms with Crippen LogP contribution in [0, 0.1) is 0 Å². The van der Waals surface area contributed by atoms with Gasteiger partial charge in [0, 0.05) is 30.5 Å². The van der Waals surface area contributed by atoms with Gasteiger partial charge in [0.1, 0.15) is 0 Å². The van der Waals surface area contributed by atoms with Crippen molar-refractivity contribution in [2.45, 2.75) is 45.8 Å². The molecular weight excluding hydrogens is 345 g/mol. The SMILES string of the molecule is CC(=O)SCC(=Cc1cccc2ccncc12)B1OC(C)(C)C(C)(C)O1. The summed E-state index contributed by atoms with van der Waals surface area (Å²) in [6.07, 6.45) is 5.72. The number of carbonyl (C=O) groups excluding carboxylic acids is 1.